The Kier molecular flexibility index (Phi) is 4.54. The maximum atomic E-state index is 12.9. The van der Waals surface area contributed by atoms with E-state index in [1.165, 1.54) is 17.4 Å². The van der Waals surface area contributed by atoms with Gasteiger partial charge in [-0.2, -0.15) is 13.2 Å². The van der Waals surface area contributed by atoms with Gasteiger partial charge in [0.15, 0.2) is 0 Å². The highest BCUT2D eigenvalue weighted by atomic mass is 32.1. The van der Waals surface area contributed by atoms with Crippen molar-refractivity contribution in [2.75, 3.05) is 19.8 Å². The van der Waals surface area contributed by atoms with Crippen molar-refractivity contribution in [1.82, 2.24) is 9.88 Å². The number of carbonyl (C=O) groups excluding carboxylic acids is 1. The molecule has 1 aliphatic heterocycles. The van der Waals surface area contributed by atoms with Gasteiger partial charge in [0.2, 0.25) is 0 Å². The molecule has 124 valence electrons. The van der Waals surface area contributed by atoms with E-state index in [2.05, 4.69) is 4.98 Å². The van der Waals surface area contributed by atoms with Crippen LogP contribution >= 0.6 is 11.3 Å². The van der Waals surface area contributed by atoms with Crippen molar-refractivity contribution in [3.63, 3.8) is 0 Å². The van der Waals surface area contributed by atoms with Crippen LogP contribution in [0.15, 0.2) is 23.7 Å². The summed E-state index contributed by atoms with van der Waals surface area (Å²) in [6.07, 6.45) is -3.59. The van der Waals surface area contributed by atoms with E-state index in [4.69, 9.17) is 4.74 Å². The van der Waals surface area contributed by atoms with Crippen molar-refractivity contribution in [3.05, 3.63) is 29.3 Å². The number of aromatic nitrogens is 1. The lowest BCUT2D eigenvalue weighted by atomic mass is 10.1. The number of halogens is 3. The molecule has 1 aromatic heterocycles. The third-order valence-corrected chi connectivity index (χ3v) is 4.61. The number of hydrogen-bond donors (Lipinski definition) is 0. The molecule has 1 fully saturated rings. The van der Waals surface area contributed by atoms with Gasteiger partial charge in [0.05, 0.1) is 15.7 Å². The number of fused-ring (bicyclic) bond motifs is 1. The van der Waals surface area contributed by atoms with E-state index in [9.17, 15) is 18.0 Å². The van der Waals surface area contributed by atoms with Crippen LogP contribution in [0.5, 0.6) is 0 Å². The van der Waals surface area contributed by atoms with E-state index in [0.717, 1.165) is 15.1 Å². The Morgan fingerprint density at radius 3 is 2.78 bits per heavy atom. The SMILES string of the molecule is O=C(c1ccc2ncsc2c1)N(CC(F)(F)F)C1CCOCC1. The Bertz CT molecular complexity index is 695. The first-order chi connectivity index (χ1) is 10.9. The zero-order valence-electron chi connectivity index (χ0n) is 12.2. The van der Waals surface area contributed by atoms with E-state index >= 15 is 0 Å². The van der Waals surface area contributed by atoms with E-state index in [0.29, 0.717) is 26.1 Å². The zero-order chi connectivity index (χ0) is 16.4. The monoisotopic (exact) mass is 344 g/mol. The normalized spacial score (nSPS) is 16.7. The molecule has 0 bridgehead atoms. The second-order valence-electron chi connectivity index (χ2n) is 5.43. The molecule has 0 unspecified atom stereocenters. The van der Waals surface area contributed by atoms with Gasteiger partial charge in [0.1, 0.15) is 6.54 Å². The van der Waals surface area contributed by atoms with E-state index in [1.54, 1.807) is 17.6 Å². The molecular formula is C15H15F3N2O2S. The highest BCUT2D eigenvalue weighted by Crippen LogP contribution is 2.26. The Morgan fingerprint density at radius 2 is 2.09 bits per heavy atom. The minimum absolute atomic E-state index is 0.262. The lowest BCUT2D eigenvalue weighted by Crippen LogP contribution is -2.47. The average molecular weight is 344 g/mol. The maximum absolute atomic E-state index is 12.9. The number of carbonyl (C=O) groups is 1. The summed E-state index contributed by atoms with van der Waals surface area (Å²) in [6.45, 7) is -0.488. The Morgan fingerprint density at radius 1 is 1.35 bits per heavy atom. The number of thiazole rings is 1. The summed E-state index contributed by atoms with van der Waals surface area (Å²) in [5.41, 5.74) is 2.64. The number of rotatable bonds is 3. The van der Waals surface area contributed by atoms with Gasteiger partial charge < -0.3 is 9.64 Å². The predicted molar refractivity (Wildman–Crippen MR) is 80.6 cm³/mol. The van der Waals surface area contributed by atoms with Crippen molar-refractivity contribution in [2.45, 2.75) is 25.1 Å². The average Bonchev–Trinajstić information content (AvgIpc) is 2.99. The summed E-state index contributed by atoms with van der Waals surface area (Å²) >= 11 is 1.36. The number of benzene rings is 1. The minimum atomic E-state index is -4.43. The lowest BCUT2D eigenvalue weighted by Gasteiger charge is -2.34. The van der Waals surface area contributed by atoms with E-state index in [-0.39, 0.29) is 5.56 Å². The molecule has 3 rings (SSSR count). The summed E-state index contributed by atoms with van der Waals surface area (Å²) in [6, 6.07) is 4.36. The van der Waals surface area contributed by atoms with Crippen LogP contribution in [-0.2, 0) is 4.74 Å². The Labute approximate surface area is 134 Å². The minimum Gasteiger partial charge on any atom is -0.381 e. The summed E-state index contributed by atoms with van der Waals surface area (Å²) in [4.78, 5) is 17.7. The lowest BCUT2D eigenvalue weighted by molar-refractivity contribution is -0.147. The van der Waals surface area contributed by atoms with Gasteiger partial charge in [0, 0.05) is 24.8 Å². The number of ether oxygens (including phenoxy) is 1. The van der Waals surface area contributed by atoms with Gasteiger partial charge >= 0.3 is 6.18 Å². The first-order valence-electron chi connectivity index (χ1n) is 7.23. The molecule has 8 heteroatoms. The number of hydrogen-bond acceptors (Lipinski definition) is 4. The summed E-state index contributed by atoms with van der Waals surface area (Å²) in [5.74, 6) is -0.593. The van der Waals surface area contributed by atoms with Crippen LogP contribution in [0.3, 0.4) is 0 Å². The van der Waals surface area contributed by atoms with Gasteiger partial charge in [0.25, 0.3) is 5.91 Å². The number of alkyl halides is 3. The molecule has 4 nitrogen and oxygen atoms in total. The molecule has 0 atom stereocenters. The topological polar surface area (TPSA) is 42.4 Å². The van der Waals surface area contributed by atoms with Crippen molar-refractivity contribution in [1.29, 1.82) is 0 Å². The predicted octanol–water partition coefficient (Wildman–Crippen LogP) is 3.48. The van der Waals surface area contributed by atoms with Crippen LogP contribution in [0.2, 0.25) is 0 Å². The molecular weight excluding hydrogens is 329 g/mol. The Hall–Kier alpha value is -1.67. The molecule has 2 heterocycles. The quantitative estimate of drug-likeness (QED) is 0.856. The fraction of sp³-hybridized carbons (Fsp3) is 0.467. The molecule has 1 amide bonds. The summed E-state index contributed by atoms with van der Waals surface area (Å²) in [7, 11) is 0. The molecule has 23 heavy (non-hydrogen) atoms. The van der Waals surface area contributed by atoms with Gasteiger partial charge in [-0.05, 0) is 31.0 Å². The first-order valence-corrected chi connectivity index (χ1v) is 8.11. The second-order valence-corrected chi connectivity index (χ2v) is 6.31. The highest BCUT2D eigenvalue weighted by Gasteiger charge is 2.37. The van der Waals surface area contributed by atoms with Crippen molar-refractivity contribution < 1.29 is 22.7 Å². The fourth-order valence-corrected chi connectivity index (χ4v) is 3.43. The first kappa shape index (κ1) is 16.2. The third kappa shape index (κ3) is 3.81. The standard InChI is InChI=1S/C15H15F3N2O2S/c16-15(17,18)8-20(11-3-5-22-6-4-11)14(21)10-1-2-12-13(7-10)23-9-19-12/h1-2,7,9,11H,3-6,8H2. The molecule has 0 saturated carbocycles. The third-order valence-electron chi connectivity index (χ3n) is 3.82. The van der Waals surface area contributed by atoms with Gasteiger partial charge in [-0.1, -0.05) is 0 Å². The maximum Gasteiger partial charge on any atom is 0.406 e. The van der Waals surface area contributed by atoms with Crippen molar-refractivity contribution >= 4 is 27.5 Å². The van der Waals surface area contributed by atoms with Crippen molar-refractivity contribution in [2.24, 2.45) is 0 Å². The second kappa shape index (κ2) is 6.45. The summed E-state index contributed by atoms with van der Waals surface area (Å²) in [5, 5.41) is 0. The molecule has 0 spiro atoms. The van der Waals surface area contributed by atoms with Crippen molar-refractivity contribution in [3.8, 4) is 0 Å². The largest absolute Gasteiger partial charge is 0.406 e. The van der Waals surface area contributed by atoms with Crippen LogP contribution in [0.4, 0.5) is 13.2 Å². The fourth-order valence-electron chi connectivity index (χ4n) is 2.71. The number of amides is 1. The molecule has 1 saturated heterocycles. The Balaban J connectivity index is 1.88. The molecule has 0 radical (unpaired) electrons. The van der Waals surface area contributed by atoms with Gasteiger partial charge in [-0.15, -0.1) is 11.3 Å². The van der Waals surface area contributed by atoms with Crippen LogP contribution in [0, 0.1) is 0 Å². The van der Waals surface area contributed by atoms with Gasteiger partial charge in [-0.25, -0.2) is 4.98 Å². The van der Waals surface area contributed by atoms with Crippen LogP contribution in [0.25, 0.3) is 10.2 Å². The van der Waals surface area contributed by atoms with E-state index < -0.39 is 24.7 Å². The van der Waals surface area contributed by atoms with E-state index in [1.807, 2.05) is 0 Å². The molecule has 0 aliphatic carbocycles. The summed E-state index contributed by atoms with van der Waals surface area (Å²) < 4.78 is 44.7. The van der Waals surface area contributed by atoms with Crippen LogP contribution in [0.1, 0.15) is 23.2 Å². The van der Waals surface area contributed by atoms with Crippen LogP contribution in [-0.4, -0.2) is 47.8 Å². The van der Waals surface area contributed by atoms with Crippen LogP contribution < -0.4 is 0 Å². The van der Waals surface area contributed by atoms with Gasteiger partial charge in [-0.3, -0.25) is 4.79 Å². The zero-order valence-corrected chi connectivity index (χ0v) is 13.0. The molecule has 2 aromatic rings. The smallest absolute Gasteiger partial charge is 0.381 e. The highest BCUT2D eigenvalue weighted by molar-refractivity contribution is 7.16. The number of nitrogens with zero attached hydrogens (tertiary/aromatic N) is 2. The molecule has 1 aliphatic rings. The molecule has 1 aromatic carbocycles. The molecule has 0 N–H and O–H groups in total.